The van der Waals surface area contributed by atoms with Crippen LogP contribution in [0.25, 0.3) is 11.1 Å². The van der Waals surface area contributed by atoms with E-state index in [1.807, 2.05) is 50.2 Å². The van der Waals surface area contributed by atoms with Crippen molar-refractivity contribution in [1.29, 1.82) is 0 Å². The molecule has 22 heavy (non-hydrogen) atoms. The van der Waals surface area contributed by atoms with Crippen molar-refractivity contribution in [3.05, 3.63) is 65.5 Å². The van der Waals surface area contributed by atoms with Crippen molar-refractivity contribution in [2.45, 2.75) is 26.3 Å². The van der Waals surface area contributed by atoms with Gasteiger partial charge in [-0.3, -0.25) is 4.79 Å². The fraction of sp³-hybridized carbons (Fsp3) is 0.222. The third kappa shape index (κ3) is 3.01. The number of amides is 1. The van der Waals surface area contributed by atoms with Gasteiger partial charge in [-0.25, -0.2) is 4.98 Å². The lowest BCUT2D eigenvalue weighted by molar-refractivity contribution is 0.0951. The topological polar surface area (TPSA) is 55.1 Å². The average Bonchev–Trinajstić information content (AvgIpc) is 2.97. The molecule has 112 valence electrons. The van der Waals surface area contributed by atoms with Crippen LogP contribution in [-0.4, -0.2) is 10.9 Å². The Morgan fingerprint density at radius 1 is 1.18 bits per heavy atom. The monoisotopic (exact) mass is 294 g/mol. The van der Waals surface area contributed by atoms with Gasteiger partial charge in [-0.2, -0.15) is 0 Å². The van der Waals surface area contributed by atoms with Gasteiger partial charge in [0.1, 0.15) is 5.52 Å². The van der Waals surface area contributed by atoms with E-state index < -0.39 is 0 Å². The Morgan fingerprint density at radius 3 is 2.68 bits per heavy atom. The lowest BCUT2D eigenvalue weighted by Gasteiger charge is -2.05. The van der Waals surface area contributed by atoms with Crippen molar-refractivity contribution >= 4 is 17.0 Å². The molecule has 1 heterocycles. The Labute approximate surface area is 129 Å². The van der Waals surface area contributed by atoms with Gasteiger partial charge in [0.05, 0.1) is 0 Å². The average molecular weight is 294 g/mol. The van der Waals surface area contributed by atoms with Gasteiger partial charge in [-0.1, -0.05) is 44.2 Å². The first-order valence-corrected chi connectivity index (χ1v) is 7.36. The van der Waals surface area contributed by atoms with Gasteiger partial charge in [0.15, 0.2) is 11.5 Å². The second-order valence-corrected chi connectivity index (χ2v) is 5.56. The molecule has 0 aliphatic heterocycles. The number of oxazole rings is 1. The molecule has 0 radical (unpaired) electrons. The zero-order valence-electron chi connectivity index (χ0n) is 12.7. The third-order valence-corrected chi connectivity index (χ3v) is 3.46. The van der Waals surface area contributed by atoms with Crippen LogP contribution in [-0.2, 0) is 6.54 Å². The summed E-state index contributed by atoms with van der Waals surface area (Å²) in [7, 11) is 0. The van der Waals surface area contributed by atoms with Gasteiger partial charge in [0.2, 0.25) is 0 Å². The van der Waals surface area contributed by atoms with Gasteiger partial charge >= 0.3 is 0 Å². The van der Waals surface area contributed by atoms with E-state index in [0.717, 1.165) is 11.1 Å². The number of fused-ring (bicyclic) bond motifs is 1. The van der Waals surface area contributed by atoms with Crippen LogP contribution < -0.4 is 5.32 Å². The second-order valence-electron chi connectivity index (χ2n) is 5.56. The smallest absolute Gasteiger partial charge is 0.251 e. The highest BCUT2D eigenvalue weighted by Gasteiger charge is 2.12. The first-order valence-electron chi connectivity index (χ1n) is 7.36. The normalized spacial score (nSPS) is 11.0. The summed E-state index contributed by atoms with van der Waals surface area (Å²) in [6.07, 6.45) is 0. The highest BCUT2D eigenvalue weighted by molar-refractivity contribution is 5.96. The second kappa shape index (κ2) is 6.02. The largest absolute Gasteiger partial charge is 0.440 e. The van der Waals surface area contributed by atoms with Crippen molar-refractivity contribution in [2.75, 3.05) is 0 Å². The first-order chi connectivity index (χ1) is 10.6. The highest BCUT2D eigenvalue weighted by Crippen LogP contribution is 2.22. The van der Waals surface area contributed by atoms with E-state index >= 15 is 0 Å². The number of nitrogens with one attached hydrogen (secondary N) is 1. The fourth-order valence-electron chi connectivity index (χ4n) is 2.21. The van der Waals surface area contributed by atoms with Gasteiger partial charge in [-0.15, -0.1) is 0 Å². The van der Waals surface area contributed by atoms with Crippen molar-refractivity contribution < 1.29 is 9.21 Å². The van der Waals surface area contributed by atoms with Crippen molar-refractivity contribution in [3.63, 3.8) is 0 Å². The summed E-state index contributed by atoms with van der Waals surface area (Å²) in [6.45, 7) is 4.56. The quantitative estimate of drug-likeness (QED) is 0.794. The summed E-state index contributed by atoms with van der Waals surface area (Å²) >= 11 is 0. The number of rotatable bonds is 4. The first kappa shape index (κ1) is 14.3. The van der Waals surface area contributed by atoms with Crippen LogP contribution in [0.2, 0.25) is 0 Å². The number of benzene rings is 2. The molecule has 3 aromatic rings. The molecule has 1 aromatic heterocycles. The molecule has 3 rings (SSSR count). The maximum Gasteiger partial charge on any atom is 0.251 e. The summed E-state index contributed by atoms with van der Waals surface area (Å²) in [6, 6.07) is 15.2. The lowest BCUT2D eigenvalue weighted by Crippen LogP contribution is -2.22. The maximum atomic E-state index is 12.2. The lowest BCUT2D eigenvalue weighted by atomic mass is 10.2. The Balaban J connectivity index is 1.76. The molecular weight excluding hydrogens is 276 g/mol. The molecule has 0 bridgehead atoms. The molecule has 0 unspecified atom stereocenters. The van der Waals surface area contributed by atoms with Crippen LogP contribution in [0.1, 0.15) is 41.6 Å². The summed E-state index contributed by atoms with van der Waals surface area (Å²) in [5, 5.41) is 2.91. The molecule has 4 heteroatoms. The summed E-state index contributed by atoms with van der Waals surface area (Å²) < 4.78 is 5.69. The fourth-order valence-corrected chi connectivity index (χ4v) is 2.21. The minimum absolute atomic E-state index is 0.117. The maximum absolute atomic E-state index is 12.2. The Morgan fingerprint density at radius 2 is 1.95 bits per heavy atom. The molecule has 0 aliphatic rings. The van der Waals surface area contributed by atoms with E-state index in [9.17, 15) is 4.79 Å². The number of aromatic nitrogens is 1. The van der Waals surface area contributed by atoms with E-state index in [-0.39, 0.29) is 11.8 Å². The molecular formula is C18H18N2O2. The minimum atomic E-state index is -0.117. The van der Waals surface area contributed by atoms with Gasteiger partial charge in [-0.05, 0) is 23.8 Å². The molecule has 0 spiro atoms. The zero-order chi connectivity index (χ0) is 15.5. The Bertz CT molecular complexity index is 791. The van der Waals surface area contributed by atoms with Gasteiger partial charge < -0.3 is 9.73 Å². The van der Waals surface area contributed by atoms with E-state index in [4.69, 9.17) is 4.42 Å². The Hall–Kier alpha value is -2.62. The van der Waals surface area contributed by atoms with Crippen LogP contribution in [0, 0.1) is 0 Å². The molecule has 1 amide bonds. The van der Waals surface area contributed by atoms with Crippen LogP contribution in [0.4, 0.5) is 0 Å². The van der Waals surface area contributed by atoms with Crippen molar-refractivity contribution in [3.8, 4) is 0 Å². The number of carbonyl (C=O) groups excluding carboxylic acids is 1. The van der Waals surface area contributed by atoms with Gasteiger partial charge in [0.25, 0.3) is 5.91 Å². The molecule has 0 aliphatic carbocycles. The molecule has 0 fully saturated rings. The molecule has 0 saturated carbocycles. The minimum Gasteiger partial charge on any atom is -0.440 e. The van der Waals surface area contributed by atoms with E-state index in [1.165, 1.54) is 0 Å². The molecule has 4 nitrogen and oxygen atoms in total. The van der Waals surface area contributed by atoms with Crippen molar-refractivity contribution in [2.24, 2.45) is 0 Å². The molecule has 0 saturated heterocycles. The SMILES string of the molecule is CC(C)c1nc2ccc(C(=O)NCc3ccccc3)cc2o1. The van der Waals surface area contributed by atoms with E-state index in [2.05, 4.69) is 10.3 Å². The summed E-state index contributed by atoms with van der Waals surface area (Å²) in [5.41, 5.74) is 3.08. The van der Waals surface area contributed by atoms with E-state index in [1.54, 1.807) is 12.1 Å². The Kier molecular flexibility index (Phi) is 3.92. The molecule has 0 atom stereocenters. The number of nitrogens with zero attached hydrogens (tertiary/aromatic N) is 1. The van der Waals surface area contributed by atoms with Crippen molar-refractivity contribution in [1.82, 2.24) is 10.3 Å². The highest BCUT2D eigenvalue weighted by atomic mass is 16.3. The summed E-state index contributed by atoms with van der Waals surface area (Å²) in [5.74, 6) is 0.799. The van der Waals surface area contributed by atoms with Crippen LogP contribution in [0.15, 0.2) is 52.9 Å². The number of carbonyl (C=O) groups is 1. The van der Waals surface area contributed by atoms with Crippen LogP contribution >= 0.6 is 0 Å². The van der Waals surface area contributed by atoms with Gasteiger partial charge in [0, 0.05) is 18.0 Å². The standard InChI is InChI=1S/C18H18N2O2/c1-12(2)18-20-15-9-8-14(10-16(15)22-18)17(21)19-11-13-6-4-3-5-7-13/h3-10,12H,11H2,1-2H3,(H,19,21). The summed E-state index contributed by atoms with van der Waals surface area (Å²) in [4.78, 5) is 16.6. The number of hydrogen-bond acceptors (Lipinski definition) is 3. The van der Waals surface area contributed by atoms with Crippen LogP contribution in [0.5, 0.6) is 0 Å². The zero-order valence-corrected chi connectivity index (χ0v) is 12.7. The predicted octanol–water partition coefficient (Wildman–Crippen LogP) is 3.88. The third-order valence-electron chi connectivity index (χ3n) is 3.46. The van der Waals surface area contributed by atoms with E-state index in [0.29, 0.717) is 23.6 Å². The number of hydrogen-bond donors (Lipinski definition) is 1. The van der Waals surface area contributed by atoms with Crippen LogP contribution in [0.3, 0.4) is 0 Å². The molecule has 2 aromatic carbocycles. The predicted molar refractivity (Wildman–Crippen MR) is 85.7 cm³/mol. The molecule has 1 N–H and O–H groups in total.